The third kappa shape index (κ3) is 2.16. The summed E-state index contributed by atoms with van der Waals surface area (Å²) in [5, 5.41) is 0. The van der Waals surface area contributed by atoms with Crippen LogP contribution in [-0.4, -0.2) is 0 Å². The lowest BCUT2D eigenvalue weighted by molar-refractivity contribution is 1.13. The van der Waals surface area contributed by atoms with Crippen molar-refractivity contribution >= 4 is 0 Å². The molecular formula is C16H17. The Morgan fingerprint density at radius 2 is 1.94 bits per heavy atom. The normalized spacial score (nSPS) is 10.4. The van der Waals surface area contributed by atoms with Crippen molar-refractivity contribution in [3.8, 4) is 11.1 Å². The van der Waals surface area contributed by atoms with Gasteiger partial charge in [0.15, 0.2) is 0 Å². The maximum Gasteiger partial charge on any atom is -0.0151 e. The van der Waals surface area contributed by atoms with E-state index in [4.69, 9.17) is 0 Å². The number of benzene rings is 2. The fourth-order valence-corrected chi connectivity index (χ4v) is 2.00. The number of hydrogen-bond acceptors (Lipinski definition) is 0. The average Bonchev–Trinajstić information content (AvgIpc) is 2.38. The molecule has 0 atom stereocenters. The molecule has 2 rings (SSSR count). The molecule has 0 bridgehead atoms. The predicted octanol–water partition coefficient (Wildman–Crippen LogP) is 4.28. The van der Waals surface area contributed by atoms with E-state index in [0.29, 0.717) is 0 Å². The van der Waals surface area contributed by atoms with E-state index in [0.717, 1.165) is 12.8 Å². The van der Waals surface area contributed by atoms with E-state index in [9.17, 15) is 0 Å². The molecule has 0 aliphatic carbocycles. The van der Waals surface area contributed by atoms with E-state index in [1.165, 1.54) is 22.3 Å². The zero-order valence-electron chi connectivity index (χ0n) is 9.96. The summed E-state index contributed by atoms with van der Waals surface area (Å²) in [4.78, 5) is 0. The number of rotatable bonds is 3. The van der Waals surface area contributed by atoms with Crippen LogP contribution >= 0.6 is 0 Å². The fraction of sp³-hybridized carbons (Fsp3) is 0.250. The molecule has 0 aromatic heterocycles. The standard InChI is InChI=1S/C16H17/c1-3-13-8-7-10-15(12-13)16-11-6-5-9-14(16)4-2/h6-12H,3-4H2,1-2H3. The van der Waals surface area contributed by atoms with Gasteiger partial charge in [0.2, 0.25) is 0 Å². The van der Waals surface area contributed by atoms with Gasteiger partial charge in [0.1, 0.15) is 0 Å². The fourth-order valence-electron chi connectivity index (χ4n) is 2.00. The molecule has 0 N–H and O–H groups in total. The summed E-state index contributed by atoms with van der Waals surface area (Å²) in [5.41, 5.74) is 5.44. The second-order valence-corrected chi connectivity index (χ2v) is 3.99. The molecule has 0 aliphatic heterocycles. The van der Waals surface area contributed by atoms with E-state index in [2.05, 4.69) is 56.3 Å². The van der Waals surface area contributed by atoms with Gasteiger partial charge in [0.25, 0.3) is 0 Å². The van der Waals surface area contributed by atoms with Gasteiger partial charge < -0.3 is 0 Å². The number of hydrogen-bond donors (Lipinski definition) is 0. The van der Waals surface area contributed by atoms with E-state index in [1.807, 2.05) is 6.07 Å². The summed E-state index contributed by atoms with van der Waals surface area (Å²) in [7, 11) is 0. The molecule has 0 unspecified atom stereocenters. The highest BCUT2D eigenvalue weighted by Crippen LogP contribution is 2.24. The van der Waals surface area contributed by atoms with Crippen molar-refractivity contribution in [3.05, 3.63) is 59.7 Å². The first-order valence-electron chi connectivity index (χ1n) is 5.93. The lowest BCUT2D eigenvalue weighted by Gasteiger charge is -2.08. The van der Waals surface area contributed by atoms with Crippen LogP contribution in [0.15, 0.2) is 42.5 Å². The topological polar surface area (TPSA) is 0 Å². The maximum absolute atomic E-state index is 3.15. The third-order valence-corrected chi connectivity index (χ3v) is 2.98. The van der Waals surface area contributed by atoms with Gasteiger partial charge in [-0.3, -0.25) is 0 Å². The van der Waals surface area contributed by atoms with Crippen LogP contribution in [0.2, 0.25) is 0 Å². The van der Waals surface area contributed by atoms with Crippen molar-refractivity contribution in [1.29, 1.82) is 0 Å². The SMILES string of the molecule is CCc1cccc(-c2cc[c]cc2CC)c1. The molecule has 0 saturated carbocycles. The molecule has 1 radical (unpaired) electrons. The van der Waals surface area contributed by atoms with Crippen molar-refractivity contribution in [2.75, 3.05) is 0 Å². The Morgan fingerprint density at radius 3 is 2.69 bits per heavy atom. The van der Waals surface area contributed by atoms with Crippen molar-refractivity contribution in [1.82, 2.24) is 0 Å². The van der Waals surface area contributed by atoms with Crippen LogP contribution < -0.4 is 0 Å². The zero-order valence-corrected chi connectivity index (χ0v) is 9.96. The van der Waals surface area contributed by atoms with Crippen molar-refractivity contribution in [2.24, 2.45) is 0 Å². The molecule has 0 heterocycles. The first-order valence-corrected chi connectivity index (χ1v) is 5.93. The van der Waals surface area contributed by atoms with Gasteiger partial charge in [0, 0.05) is 0 Å². The second kappa shape index (κ2) is 4.98. The second-order valence-electron chi connectivity index (χ2n) is 3.99. The molecule has 2 aromatic carbocycles. The molecule has 0 amide bonds. The largest absolute Gasteiger partial charge is 0.0614 e. The van der Waals surface area contributed by atoms with Crippen LogP contribution in [0.4, 0.5) is 0 Å². The summed E-state index contributed by atoms with van der Waals surface area (Å²) in [6.45, 7) is 4.38. The van der Waals surface area contributed by atoms with Crippen molar-refractivity contribution in [3.63, 3.8) is 0 Å². The maximum atomic E-state index is 3.15. The highest BCUT2D eigenvalue weighted by Gasteiger charge is 2.02. The summed E-state index contributed by atoms with van der Waals surface area (Å²) in [6.07, 6.45) is 2.15. The minimum Gasteiger partial charge on any atom is -0.0614 e. The third-order valence-electron chi connectivity index (χ3n) is 2.98. The molecular weight excluding hydrogens is 192 g/mol. The van der Waals surface area contributed by atoms with Crippen LogP contribution in [0, 0.1) is 6.07 Å². The van der Waals surface area contributed by atoms with Crippen LogP contribution in [0.25, 0.3) is 11.1 Å². The monoisotopic (exact) mass is 209 g/mol. The Hall–Kier alpha value is -1.56. The smallest absolute Gasteiger partial charge is 0.0151 e. The Balaban J connectivity index is 2.49. The minimum absolute atomic E-state index is 1.06. The summed E-state index contributed by atoms with van der Waals surface area (Å²) in [6, 6.07) is 18.2. The molecule has 81 valence electrons. The predicted molar refractivity (Wildman–Crippen MR) is 69.5 cm³/mol. The molecule has 0 fully saturated rings. The van der Waals surface area contributed by atoms with E-state index < -0.39 is 0 Å². The van der Waals surface area contributed by atoms with Gasteiger partial charge in [-0.05, 0) is 41.2 Å². The highest BCUT2D eigenvalue weighted by atomic mass is 14.1. The highest BCUT2D eigenvalue weighted by molar-refractivity contribution is 5.67. The molecule has 16 heavy (non-hydrogen) atoms. The van der Waals surface area contributed by atoms with E-state index >= 15 is 0 Å². The van der Waals surface area contributed by atoms with Crippen LogP contribution in [0.5, 0.6) is 0 Å². The van der Waals surface area contributed by atoms with Crippen molar-refractivity contribution < 1.29 is 0 Å². The number of aryl methyl sites for hydroxylation is 2. The summed E-state index contributed by atoms with van der Waals surface area (Å²) < 4.78 is 0. The van der Waals surface area contributed by atoms with E-state index in [1.54, 1.807) is 0 Å². The quantitative estimate of drug-likeness (QED) is 0.707. The minimum atomic E-state index is 1.06. The van der Waals surface area contributed by atoms with Crippen molar-refractivity contribution in [2.45, 2.75) is 26.7 Å². The Morgan fingerprint density at radius 1 is 1.06 bits per heavy atom. The molecule has 2 aromatic rings. The van der Waals surface area contributed by atoms with Gasteiger partial charge in [-0.15, -0.1) is 0 Å². The van der Waals surface area contributed by atoms with Crippen LogP contribution in [0.3, 0.4) is 0 Å². The van der Waals surface area contributed by atoms with Gasteiger partial charge in [0.05, 0.1) is 0 Å². The molecule has 0 nitrogen and oxygen atoms in total. The summed E-state index contributed by atoms with van der Waals surface area (Å²) >= 11 is 0. The van der Waals surface area contributed by atoms with Crippen LogP contribution in [-0.2, 0) is 12.8 Å². The molecule has 0 heteroatoms. The first-order chi connectivity index (χ1) is 7.85. The van der Waals surface area contributed by atoms with Crippen LogP contribution in [0.1, 0.15) is 25.0 Å². The molecule has 0 saturated heterocycles. The zero-order chi connectivity index (χ0) is 11.4. The molecule has 0 aliphatic rings. The van der Waals surface area contributed by atoms with Gasteiger partial charge in [-0.1, -0.05) is 56.3 Å². The first kappa shape index (κ1) is 10.9. The van der Waals surface area contributed by atoms with E-state index in [-0.39, 0.29) is 0 Å². The Bertz CT molecular complexity index is 469. The van der Waals surface area contributed by atoms with Gasteiger partial charge in [-0.25, -0.2) is 0 Å². The Labute approximate surface area is 97.9 Å². The lowest BCUT2D eigenvalue weighted by atomic mass is 9.96. The van der Waals surface area contributed by atoms with Gasteiger partial charge >= 0.3 is 0 Å². The summed E-state index contributed by atoms with van der Waals surface area (Å²) in [5.74, 6) is 0. The molecule has 0 spiro atoms. The van der Waals surface area contributed by atoms with Gasteiger partial charge in [-0.2, -0.15) is 0 Å². The lowest BCUT2D eigenvalue weighted by Crippen LogP contribution is -1.88. The average molecular weight is 209 g/mol. The Kier molecular flexibility index (Phi) is 3.40.